The zero-order valence-corrected chi connectivity index (χ0v) is 15.3. The first-order valence-electron chi connectivity index (χ1n) is 7.59. The fourth-order valence-electron chi connectivity index (χ4n) is 2.31. The van der Waals surface area contributed by atoms with Crippen LogP contribution in [0.15, 0.2) is 34.5 Å². The second-order valence-electron chi connectivity index (χ2n) is 5.55. The number of anilines is 1. The Morgan fingerprint density at radius 3 is 2.50 bits per heavy atom. The number of amides is 1. The number of nitrogen functional groups attached to an aromatic ring is 1. The van der Waals surface area contributed by atoms with Crippen molar-refractivity contribution < 1.29 is 13.2 Å². The Labute approximate surface area is 146 Å². The molecule has 0 spiro atoms. The molecule has 0 saturated carbocycles. The van der Waals surface area contributed by atoms with E-state index in [1.165, 1.54) is 17.6 Å². The number of aryl methyl sites for hydroxylation is 1. The van der Waals surface area contributed by atoms with E-state index in [4.69, 9.17) is 5.73 Å². The van der Waals surface area contributed by atoms with E-state index in [9.17, 15) is 13.2 Å². The fourth-order valence-corrected chi connectivity index (χ4v) is 3.54. The van der Waals surface area contributed by atoms with Gasteiger partial charge in [-0.1, -0.05) is 19.1 Å². The first kappa shape index (κ1) is 18.4. The monoisotopic (exact) mass is 367 g/mol. The minimum atomic E-state index is -3.22. The summed E-state index contributed by atoms with van der Waals surface area (Å²) in [5, 5.41) is 5.33. The van der Waals surface area contributed by atoms with Crippen LogP contribution in [0.1, 0.15) is 37.1 Å². The Hall–Kier alpha value is -1.93. The smallest absolute Gasteiger partial charge is 0.220 e. The van der Waals surface area contributed by atoms with Crippen LogP contribution in [0, 0.1) is 0 Å². The van der Waals surface area contributed by atoms with Gasteiger partial charge in [0.15, 0.2) is 15.0 Å². The number of nitrogens with zero attached hydrogens (tertiary/aromatic N) is 1. The topological polar surface area (TPSA) is 102 Å². The number of nitrogens with two attached hydrogens (primary N) is 1. The summed E-state index contributed by atoms with van der Waals surface area (Å²) >= 11 is 1.36. The van der Waals surface area contributed by atoms with Crippen molar-refractivity contribution in [2.75, 3.05) is 12.0 Å². The Morgan fingerprint density at radius 1 is 1.33 bits per heavy atom. The summed E-state index contributed by atoms with van der Waals surface area (Å²) in [5.74, 6) is -0.0689. The van der Waals surface area contributed by atoms with Crippen LogP contribution in [0.5, 0.6) is 0 Å². The van der Waals surface area contributed by atoms with Crippen molar-refractivity contribution >= 4 is 32.2 Å². The van der Waals surface area contributed by atoms with Crippen molar-refractivity contribution in [2.45, 2.75) is 37.1 Å². The Bertz CT molecular complexity index is 798. The Morgan fingerprint density at radius 2 is 2.00 bits per heavy atom. The average Bonchev–Trinajstić information content (AvgIpc) is 2.95. The van der Waals surface area contributed by atoms with Crippen LogP contribution in [0.2, 0.25) is 0 Å². The van der Waals surface area contributed by atoms with E-state index < -0.39 is 9.84 Å². The predicted molar refractivity (Wildman–Crippen MR) is 95.6 cm³/mol. The molecular formula is C16H21N3O3S2. The third kappa shape index (κ3) is 5.04. The van der Waals surface area contributed by atoms with Crippen LogP contribution in [-0.2, 0) is 21.1 Å². The number of nitrogens with one attached hydrogen (secondary N) is 1. The number of benzene rings is 1. The molecule has 1 atom stereocenters. The number of carbonyl (C=O) groups is 1. The molecule has 1 aromatic carbocycles. The highest BCUT2D eigenvalue weighted by atomic mass is 32.2. The fraction of sp³-hybridized carbons (Fsp3) is 0.375. The van der Waals surface area contributed by atoms with Crippen molar-refractivity contribution in [1.82, 2.24) is 10.3 Å². The normalized spacial score (nSPS) is 12.8. The highest BCUT2D eigenvalue weighted by Gasteiger charge is 2.14. The van der Waals surface area contributed by atoms with Crippen LogP contribution in [-0.4, -0.2) is 25.6 Å². The largest absolute Gasteiger partial charge is 0.375 e. The number of sulfone groups is 1. The van der Waals surface area contributed by atoms with Gasteiger partial charge in [-0.05, 0) is 30.5 Å². The number of hydrogen-bond donors (Lipinski definition) is 2. The summed E-state index contributed by atoms with van der Waals surface area (Å²) in [6, 6.07) is 6.47. The lowest BCUT2D eigenvalue weighted by Crippen LogP contribution is -2.28. The van der Waals surface area contributed by atoms with Gasteiger partial charge in [0.1, 0.15) is 0 Å². The summed E-state index contributed by atoms with van der Waals surface area (Å²) in [7, 11) is -3.22. The molecule has 0 aliphatic rings. The first-order valence-corrected chi connectivity index (χ1v) is 10.4. The summed E-state index contributed by atoms with van der Waals surface area (Å²) in [4.78, 5) is 16.5. The van der Waals surface area contributed by atoms with Gasteiger partial charge in [-0.15, -0.1) is 11.3 Å². The van der Waals surface area contributed by atoms with Gasteiger partial charge in [0, 0.05) is 18.1 Å². The minimum absolute atomic E-state index is 0.0689. The van der Waals surface area contributed by atoms with Gasteiger partial charge < -0.3 is 11.1 Å². The van der Waals surface area contributed by atoms with Gasteiger partial charge in [0.05, 0.1) is 16.6 Å². The zero-order chi connectivity index (χ0) is 17.7. The molecule has 3 N–H and O–H groups in total. The average molecular weight is 367 g/mol. The maximum absolute atomic E-state index is 12.1. The van der Waals surface area contributed by atoms with Gasteiger partial charge >= 0.3 is 0 Å². The highest BCUT2D eigenvalue weighted by Crippen LogP contribution is 2.20. The molecule has 8 heteroatoms. The molecule has 0 fully saturated rings. The van der Waals surface area contributed by atoms with E-state index in [2.05, 4.69) is 10.3 Å². The van der Waals surface area contributed by atoms with Crippen LogP contribution in [0.25, 0.3) is 0 Å². The second-order valence-corrected chi connectivity index (χ2v) is 8.45. The van der Waals surface area contributed by atoms with Gasteiger partial charge in [-0.2, -0.15) is 0 Å². The molecule has 1 amide bonds. The standard InChI is InChI=1S/C16H21N3O3S2/c1-3-14(11-4-7-13(8-5-11)24(2,21)22)19-15(20)9-6-12-10-23-16(17)18-12/h4-5,7-8,10,14H,3,6,9H2,1-2H3,(H2,17,18)(H,19,20). The molecule has 1 heterocycles. The molecule has 1 unspecified atom stereocenters. The number of aromatic nitrogens is 1. The minimum Gasteiger partial charge on any atom is -0.375 e. The molecule has 0 saturated heterocycles. The SMILES string of the molecule is CCC(NC(=O)CCc1csc(N)n1)c1ccc(S(C)(=O)=O)cc1. The zero-order valence-electron chi connectivity index (χ0n) is 13.7. The van der Waals surface area contributed by atoms with E-state index in [-0.39, 0.29) is 16.8 Å². The third-order valence-corrected chi connectivity index (χ3v) is 5.48. The lowest BCUT2D eigenvalue weighted by Gasteiger charge is -2.17. The Kier molecular flexibility index (Phi) is 5.95. The predicted octanol–water partition coefficient (Wildman–Crippen LogP) is 2.33. The quantitative estimate of drug-likeness (QED) is 0.782. The van der Waals surface area contributed by atoms with Crippen molar-refractivity contribution in [1.29, 1.82) is 0 Å². The lowest BCUT2D eigenvalue weighted by atomic mass is 10.0. The van der Waals surface area contributed by atoms with Gasteiger partial charge in [0.25, 0.3) is 0 Å². The molecule has 0 aliphatic carbocycles. The van der Waals surface area contributed by atoms with Gasteiger partial charge in [0.2, 0.25) is 5.91 Å². The number of carbonyl (C=O) groups excluding carboxylic acids is 1. The van der Waals surface area contributed by atoms with Gasteiger partial charge in [-0.3, -0.25) is 4.79 Å². The first-order chi connectivity index (χ1) is 11.3. The van der Waals surface area contributed by atoms with Crippen LogP contribution < -0.4 is 11.1 Å². The van der Waals surface area contributed by atoms with Crippen molar-refractivity contribution in [2.24, 2.45) is 0 Å². The summed E-state index contributed by atoms with van der Waals surface area (Å²) < 4.78 is 23.0. The number of thiazole rings is 1. The Balaban J connectivity index is 1.96. The molecule has 130 valence electrons. The summed E-state index contributed by atoms with van der Waals surface area (Å²) in [6.45, 7) is 1.97. The summed E-state index contributed by atoms with van der Waals surface area (Å²) in [6.07, 6.45) is 2.77. The van der Waals surface area contributed by atoms with Crippen LogP contribution in [0.3, 0.4) is 0 Å². The maximum atomic E-state index is 12.1. The van der Waals surface area contributed by atoms with E-state index in [0.717, 1.165) is 11.3 Å². The third-order valence-electron chi connectivity index (χ3n) is 3.63. The molecule has 0 radical (unpaired) electrons. The van der Waals surface area contributed by atoms with Crippen molar-refractivity contribution in [3.05, 3.63) is 40.9 Å². The molecular weight excluding hydrogens is 346 g/mol. The van der Waals surface area contributed by atoms with E-state index >= 15 is 0 Å². The number of rotatable bonds is 7. The van der Waals surface area contributed by atoms with Crippen molar-refractivity contribution in [3.63, 3.8) is 0 Å². The van der Waals surface area contributed by atoms with Crippen molar-refractivity contribution in [3.8, 4) is 0 Å². The maximum Gasteiger partial charge on any atom is 0.220 e. The lowest BCUT2D eigenvalue weighted by molar-refractivity contribution is -0.121. The molecule has 2 rings (SSSR count). The van der Waals surface area contributed by atoms with E-state index in [1.807, 2.05) is 12.3 Å². The van der Waals surface area contributed by atoms with Gasteiger partial charge in [-0.25, -0.2) is 13.4 Å². The molecule has 0 aliphatic heterocycles. The molecule has 1 aromatic heterocycles. The molecule has 2 aromatic rings. The van der Waals surface area contributed by atoms with Crippen LogP contribution in [0.4, 0.5) is 5.13 Å². The molecule has 24 heavy (non-hydrogen) atoms. The van der Waals surface area contributed by atoms with E-state index in [0.29, 0.717) is 24.4 Å². The van der Waals surface area contributed by atoms with Crippen LogP contribution >= 0.6 is 11.3 Å². The van der Waals surface area contributed by atoms with E-state index in [1.54, 1.807) is 24.3 Å². The molecule has 6 nitrogen and oxygen atoms in total. The highest BCUT2D eigenvalue weighted by molar-refractivity contribution is 7.90. The second kappa shape index (κ2) is 7.76. The number of hydrogen-bond acceptors (Lipinski definition) is 6. The summed E-state index contributed by atoms with van der Waals surface area (Å²) in [5.41, 5.74) is 7.27. The molecule has 0 bridgehead atoms.